The van der Waals surface area contributed by atoms with Crippen molar-refractivity contribution in [1.82, 2.24) is 14.5 Å². The van der Waals surface area contributed by atoms with Gasteiger partial charge in [-0.1, -0.05) is 41.7 Å². The van der Waals surface area contributed by atoms with Crippen LogP contribution in [-0.4, -0.2) is 62.1 Å². The zero-order valence-corrected chi connectivity index (χ0v) is 19.3. The molecule has 1 fully saturated rings. The van der Waals surface area contributed by atoms with E-state index >= 15 is 0 Å². The summed E-state index contributed by atoms with van der Waals surface area (Å²) in [6, 6.07) is 14.8. The SMILES string of the molecule is COc1ccccc1N1CCN(S(=O)(=O)c2nnc(NC(=O)c3ccccc3C)s2)CC1. The lowest BCUT2D eigenvalue weighted by atomic mass is 10.1. The molecule has 2 heterocycles. The average molecular weight is 474 g/mol. The fraction of sp³-hybridized carbons (Fsp3) is 0.286. The minimum Gasteiger partial charge on any atom is -0.495 e. The van der Waals surface area contributed by atoms with E-state index in [-0.39, 0.29) is 15.4 Å². The molecule has 11 heteroatoms. The van der Waals surface area contributed by atoms with E-state index in [1.54, 1.807) is 19.2 Å². The highest BCUT2D eigenvalue weighted by molar-refractivity contribution is 7.91. The maximum absolute atomic E-state index is 13.1. The number of hydrogen-bond acceptors (Lipinski definition) is 8. The van der Waals surface area contributed by atoms with Crippen molar-refractivity contribution in [1.29, 1.82) is 0 Å². The Morgan fingerprint density at radius 2 is 1.72 bits per heavy atom. The van der Waals surface area contributed by atoms with Crippen molar-refractivity contribution in [2.75, 3.05) is 43.5 Å². The summed E-state index contributed by atoms with van der Waals surface area (Å²) in [6.07, 6.45) is 0. The second-order valence-corrected chi connectivity index (χ2v) is 10.3. The van der Waals surface area contributed by atoms with Crippen LogP contribution in [0.25, 0.3) is 0 Å². The van der Waals surface area contributed by atoms with Gasteiger partial charge in [0.1, 0.15) is 5.75 Å². The smallest absolute Gasteiger partial charge is 0.272 e. The lowest BCUT2D eigenvalue weighted by Crippen LogP contribution is -2.48. The molecule has 0 aliphatic carbocycles. The number of para-hydroxylation sites is 2. The molecule has 168 valence electrons. The van der Waals surface area contributed by atoms with Crippen molar-refractivity contribution in [2.24, 2.45) is 0 Å². The minimum atomic E-state index is -3.80. The van der Waals surface area contributed by atoms with Crippen LogP contribution in [0.4, 0.5) is 10.8 Å². The molecule has 1 aromatic heterocycles. The Morgan fingerprint density at radius 1 is 1.03 bits per heavy atom. The van der Waals surface area contributed by atoms with Gasteiger partial charge in [-0.15, -0.1) is 10.2 Å². The second kappa shape index (κ2) is 9.23. The molecule has 2 aromatic carbocycles. The van der Waals surface area contributed by atoms with Gasteiger partial charge in [-0.3, -0.25) is 10.1 Å². The molecule has 1 amide bonds. The molecule has 0 radical (unpaired) electrons. The van der Waals surface area contributed by atoms with Gasteiger partial charge < -0.3 is 9.64 Å². The summed E-state index contributed by atoms with van der Waals surface area (Å²) in [4.78, 5) is 14.6. The predicted molar refractivity (Wildman–Crippen MR) is 123 cm³/mol. The van der Waals surface area contributed by atoms with Gasteiger partial charge in [-0.25, -0.2) is 8.42 Å². The molecular weight excluding hydrogens is 450 g/mol. The molecule has 32 heavy (non-hydrogen) atoms. The summed E-state index contributed by atoms with van der Waals surface area (Å²) in [6.45, 7) is 3.50. The number of aromatic nitrogens is 2. The Morgan fingerprint density at radius 3 is 2.44 bits per heavy atom. The van der Waals surface area contributed by atoms with Crippen LogP contribution in [0.3, 0.4) is 0 Å². The lowest BCUT2D eigenvalue weighted by molar-refractivity contribution is 0.102. The van der Waals surface area contributed by atoms with Crippen LogP contribution < -0.4 is 15.0 Å². The third-order valence-electron chi connectivity index (χ3n) is 5.24. The fourth-order valence-electron chi connectivity index (χ4n) is 3.53. The van der Waals surface area contributed by atoms with Crippen LogP contribution in [-0.2, 0) is 10.0 Å². The molecule has 1 saturated heterocycles. The van der Waals surface area contributed by atoms with Gasteiger partial charge >= 0.3 is 0 Å². The number of rotatable bonds is 6. The lowest BCUT2D eigenvalue weighted by Gasteiger charge is -2.35. The Kier molecular flexibility index (Phi) is 6.40. The van der Waals surface area contributed by atoms with Gasteiger partial charge in [0.25, 0.3) is 15.9 Å². The van der Waals surface area contributed by atoms with Crippen LogP contribution in [0.2, 0.25) is 0 Å². The Hall–Kier alpha value is -3.02. The first kappa shape index (κ1) is 22.2. The molecule has 9 nitrogen and oxygen atoms in total. The molecule has 4 rings (SSSR count). The predicted octanol–water partition coefficient (Wildman–Crippen LogP) is 2.62. The molecule has 3 aromatic rings. The normalized spacial score (nSPS) is 14.9. The van der Waals surface area contributed by atoms with Gasteiger partial charge in [0.05, 0.1) is 12.8 Å². The number of anilines is 2. The van der Waals surface area contributed by atoms with Crippen molar-refractivity contribution in [3.05, 3.63) is 59.7 Å². The first-order valence-electron chi connectivity index (χ1n) is 9.99. The molecule has 0 unspecified atom stereocenters. The quantitative estimate of drug-likeness (QED) is 0.549. The number of benzene rings is 2. The highest BCUT2D eigenvalue weighted by atomic mass is 32.2. The van der Waals surface area contributed by atoms with Crippen LogP contribution in [0.1, 0.15) is 15.9 Å². The van der Waals surface area contributed by atoms with E-state index in [4.69, 9.17) is 4.74 Å². The summed E-state index contributed by atoms with van der Waals surface area (Å²) < 4.78 is 32.8. The summed E-state index contributed by atoms with van der Waals surface area (Å²) in [5.74, 6) is 0.399. The number of amides is 1. The fourth-order valence-corrected chi connectivity index (χ4v) is 5.98. The number of nitrogens with one attached hydrogen (secondary N) is 1. The Labute approximate surface area is 190 Å². The minimum absolute atomic E-state index is 0.136. The van der Waals surface area contributed by atoms with Gasteiger partial charge in [-0.05, 0) is 30.7 Å². The van der Waals surface area contributed by atoms with E-state index in [2.05, 4.69) is 20.4 Å². The maximum atomic E-state index is 13.1. The van der Waals surface area contributed by atoms with E-state index in [1.807, 2.05) is 43.3 Å². The number of piperazine rings is 1. The largest absolute Gasteiger partial charge is 0.495 e. The van der Waals surface area contributed by atoms with E-state index in [9.17, 15) is 13.2 Å². The van der Waals surface area contributed by atoms with E-state index < -0.39 is 10.0 Å². The van der Waals surface area contributed by atoms with Crippen molar-refractivity contribution in [2.45, 2.75) is 11.3 Å². The van der Waals surface area contributed by atoms with E-state index in [1.165, 1.54) is 4.31 Å². The van der Waals surface area contributed by atoms with Crippen LogP contribution >= 0.6 is 11.3 Å². The number of carbonyl (C=O) groups is 1. The number of nitrogens with zero attached hydrogens (tertiary/aromatic N) is 4. The summed E-state index contributed by atoms with van der Waals surface area (Å²) in [5, 5.41) is 10.5. The second-order valence-electron chi connectivity index (χ2n) is 7.21. The molecular formula is C21H23N5O4S2. The van der Waals surface area contributed by atoms with Gasteiger partial charge in [-0.2, -0.15) is 4.31 Å². The topological polar surface area (TPSA) is 105 Å². The average Bonchev–Trinajstić information content (AvgIpc) is 3.28. The summed E-state index contributed by atoms with van der Waals surface area (Å²) in [5.41, 5.74) is 2.25. The van der Waals surface area contributed by atoms with Crippen molar-refractivity contribution >= 4 is 38.1 Å². The van der Waals surface area contributed by atoms with Crippen LogP contribution in [0, 0.1) is 6.92 Å². The van der Waals surface area contributed by atoms with Crippen molar-refractivity contribution in [3.63, 3.8) is 0 Å². The monoisotopic (exact) mass is 473 g/mol. The first-order chi connectivity index (χ1) is 15.4. The van der Waals surface area contributed by atoms with Crippen LogP contribution in [0.5, 0.6) is 5.75 Å². The van der Waals surface area contributed by atoms with Gasteiger partial charge in [0.15, 0.2) is 0 Å². The highest BCUT2D eigenvalue weighted by Gasteiger charge is 2.32. The molecule has 0 bridgehead atoms. The van der Waals surface area contributed by atoms with Crippen molar-refractivity contribution in [3.8, 4) is 5.75 Å². The van der Waals surface area contributed by atoms with E-state index in [0.717, 1.165) is 28.3 Å². The number of ether oxygens (including phenoxy) is 1. The summed E-state index contributed by atoms with van der Waals surface area (Å²) >= 11 is 0.848. The number of aryl methyl sites for hydroxylation is 1. The molecule has 1 N–H and O–H groups in total. The first-order valence-corrected chi connectivity index (χ1v) is 12.2. The third kappa shape index (κ3) is 4.45. The third-order valence-corrected chi connectivity index (χ3v) is 8.32. The molecule has 0 saturated carbocycles. The maximum Gasteiger partial charge on any atom is 0.272 e. The standard InChI is InChI=1S/C21H23N5O4S2/c1-15-7-3-4-8-16(15)19(27)22-20-23-24-21(31-20)32(28,29)26-13-11-25(12-14-26)17-9-5-6-10-18(17)30-2/h3-10H,11-14H2,1-2H3,(H,22,23,27). The Bertz CT molecular complexity index is 1220. The molecule has 0 spiro atoms. The molecule has 0 atom stereocenters. The van der Waals surface area contributed by atoms with E-state index in [0.29, 0.717) is 31.7 Å². The van der Waals surface area contributed by atoms with Gasteiger partial charge in [0, 0.05) is 31.7 Å². The Balaban J connectivity index is 1.43. The van der Waals surface area contributed by atoms with Crippen molar-refractivity contribution < 1.29 is 17.9 Å². The molecule has 1 aliphatic rings. The molecule has 1 aliphatic heterocycles. The summed E-state index contributed by atoms with van der Waals surface area (Å²) in [7, 11) is -2.19. The number of sulfonamides is 1. The number of methoxy groups -OCH3 is 1. The zero-order chi connectivity index (χ0) is 22.7. The van der Waals surface area contributed by atoms with Crippen LogP contribution in [0.15, 0.2) is 52.9 Å². The zero-order valence-electron chi connectivity index (χ0n) is 17.7. The number of carbonyl (C=O) groups excluding carboxylic acids is 1. The number of hydrogen-bond donors (Lipinski definition) is 1. The van der Waals surface area contributed by atoms with Gasteiger partial charge in [0.2, 0.25) is 9.47 Å². The highest BCUT2D eigenvalue weighted by Crippen LogP contribution is 2.30.